The van der Waals surface area contributed by atoms with Gasteiger partial charge in [0.2, 0.25) is 5.95 Å². The Kier molecular flexibility index (Phi) is 8.61. The highest BCUT2D eigenvalue weighted by Crippen LogP contribution is 2.35. The summed E-state index contributed by atoms with van der Waals surface area (Å²) in [5, 5.41) is 2.86. The second-order valence-electron chi connectivity index (χ2n) is 9.40. The number of rotatable bonds is 9. The van der Waals surface area contributed by atoms with Crippen molar-refractivity contribution in [2.75, 3.05) is 38.2 Å². The zero-order valence-corrected chi connectivity index (χ0v) is 23.2. The molecule has 0 saturated carbocycles. The molecule has 0 spiro atoms. The van der Waals surface area contributed by atoms with E-state index < -0.39 is 17.3 Å². The van der Waals surface area contributed by atoms with Crippen LogP contribution in [0.4, 0.5) is 24.8 Å². The van der Waals surface area contributed by atoms with Crippen molar-refractivity contribution in [1.29, 1.82) is 0 Å². The molecule has 0 atom stereocenters. The number of ether oxygens (including phenoxy) is 2. The second-order valence-corrected chi connectivity index (χ2v) is 9.78. The Morgan fingerprint density at radius 3 is 2.69 bits per heavy atom. The summed E-state index contributed by atoms with van der Waals surface area (Å²) in [6.45, 7) is 3.43. The Morgan fingerprint density at radius 2 is 2.00 bits per heavy atom. The van der Waals surface area contributed by atoms with E-state index in [4.69, 9.17) is 26.8 Å². The lowest BCUT2D eigenvalue weighted by Gasteiger charge is -2.26. The van der Waals surface area contributed by atoms with Crippen LogP contribution in [-0.2, 0) is 24.5 Å². The first-order valence-electron chi connectivity index (χ1n) is 12.9. The Hall–Kier alpha value is -4.21. The van der Waals surface area contributed by atoms with E-state index in [2.05, 4.69) is 30.2 Å². The van der Waals surface area contributed by atoms with E-state index in [1.54, 1.807) is 7.05 Å². The van der Waals surface area contributed by atoms with Gasteiger partial charge in [0.1, 0.15) is 21.9 Å². The van der Waals surface area contributed by atoms with Crippen molar-refractivity contribution in [1.82, 2.24) is 34.0 Å². The number of pyridine rings is 2. The molecule has 0 radical (unpaired) electrons. The van der Waals surface area contributed by atoms with Crippen LogP contribution in [0.5, 0.6) is 5.75 Å². The average molecular weight is 606 g/mol. The summed E-state index contributed by atoms with van der Waals surface area (Å²) >= 11 is 6.63. The summed E-state index contributed by atoms with van der Waals surface area (Å²) in [6, 6.07) is 0.767. The van der Waals surface area contributed by atoms with Crippen molar-refractivity contribution in [3.05, 3.63) is 69.9 Å². The number of nitrogens with two attached hydrogens (primary N) is 1. The topological polar surface area (TPSA) is 138 Å². The Bertz CT molecular complexity index is 1650. The number of halogens is 4. The third-order valence-electron chi connectivity index (χ3n) is 6.63. The molecule has 0 aromatic carbocycles. The van der Waals surface area contributed by atoms with Crippen LogP contribution >= 0.6 is 11.6 Å². The predicted molar refractivity (Wildman–Crippen MR) is 149 cm³/mol. The molecule has 12 nitrogen and oxygen atoms in total. The maximum atomic E-state index is 13.8. The van der Waals surface area contributed by atoms with Gasteiger partial charge in [-0.3, -0.25) is 14.7 Å². The second kappa shape index (κ2) is 12.3. The van der Waals surface area contributed by atoms with Gasteiger partial charge in [-0.05, 0) is 12.5 Å². The summed E-state index contributed by atoms with van der Waals surface area (Å²) in [5.74, 6) is 0.351. The lowest BCUT2D eigenvalue weighted by molar-refractivity contribution is -0.138. The van der Waals surface area contributed by atoms with E-state index in [0.29, 0.717) is 37.4 Å². The van der Waals surface area contributed by atoms with Gasteiger partial charge in [-0.1, -0.05) is 11.6 Å². The number of alkyl halides is 3. The number of imidazole rings is 1. The van der Waals surface area contributed by atoms with Gasteiger partial charge >= 0.3 is 6.18 Å². The molecule has 1 aliphatic heterocycles. The molecule has 222 valence electrons. The van der Waals surface area contributed by atoms with Crippen molar-refractivity contribution >= 4 is 40.2 Å². The van der Waals surface area contributed by atoms with E-state index in [1.165, 1.54) is 35.6 Å². The lowest BCUT2D eigenvalue weighted by Crippen LogP contribution is -2.37. The summed E-state index contributed by atoms with van der Waals surface area (Å²) < 4.78 is 55.0. The van der Waals surface area contributed by atoms with Gasteiger partial charge in [-0.25, -0.2) is 9.97 Å². The van der Waals surface area contributed by atoms with Gasteiger partial charge in [-0.2, -0.15) is 18.2 Å². The molecule has 5 heterocycles. The highest BCUT2D eigenvalue weighted by Gasteiger charge is 2.32. The lowest BCUT2D eigenvalue weighted by atomic mass is 10.2. The molecule has 42 heavy (non-hydrogen) atoms. The molecule has 16 heteroatoms. The number of aromatic nitrogens is 6. The van der Waals surface area contributed by atoms with Crippen LogP contribution in [0.15, 0.2) is 48.0 Å². The van der Waals surface area contributed by atoms with Crippen molar-refractivity contribution in [3.63, 3.8) is 0 Å². The molecule has 1 aliphatic rings. The van der Waals surface area contributed by atoms with Crippen molar-refractivity contribution < 1.29 is 22.6 Å². The van der Waals surface area contributed by atoms with E-state index >= 15 is 0 Å². The van der Waals surface area contributed by atoms with Crippen LogP contribution in [0.3, 0.4) is 0 Å². The van der Waals surface area contributed by atoms with E-state index in [9.17, 15) is 18.0 Å². The summed E-state index contributed by atoms with van der Waals surface area (Å²) in [7, 11) is 1.58. The summed E-state index contributed by atoms with van der Waals surface area (Å²) in [6.07, 6.45) is 3.59. The third kappa shape index (κ3) is 6.32. The normalized spacial score (nSPS) is 14.8. The van der Waals surface area contributed by atoms with Crippen LogP contribution in [0.2, 0.25) is 5.02 Å². The van der Waals surface area contributed by atoms with Gasteiger partial charge in [0.05, 0.1) is 31.2 Å². The Balaban J connectivity index is 1.43. The standard InChI is InChI=1S/C26H27ClF3N9O3/c1-37-22-21(27)20(42-19(12-31)18-13-32-3-4-33-18)14-34-23(22)36-25(37)35-17-11-16(26(28,29)30)15-39(24(17)40)6-2-5-38-7-9-41-10-8-38/h3-4,11-15H,2,5-10,31H2,1H3,(H,34,35,36). The van der Waals surface area contributed by atoms with Crippen LogP contribution in [0.1, 0.15) is 17.7 Å². The zero-order chi connectivity index (χ0) is 29.9. The fraction of sp³-hybridized carbons (Fsp3) is 0.346. The molecule has 1 saturated heterocycles. The first kappa shape index (κ1) is 29.3. The van der Waals surface area contributed by atoms with Gasteiger partial charge in [0.25, 0.3) is 5.56 Å². The van der Waals surface area contributed by atoms with E-state index in [0.717, 1.165) is 29.9 Å². The minimum absolute atomic E-state index is 0.0522. The summed E-state index contributed by atoms with van der Waals surface area (Å²) in [4.78, 5) is 32.1. The van der Waals surface area contributed by atoms with Crippen LogP contribution in [0.25, 0.3) is 16.9 Å². The van der Waals surface area contributed by atoms with Crippen LogP contribution in [-0.4, -0.2) is 66.8 Å². The SMILES string of the molecule is Cn1c(Nc2cc(C(F)(F)F)cn(CCCN3CCOCC3)c2=O)nc2ncc(OC(=CN)c3cnccn3)c(Cl)c21. The number of anilines is 2. The van der Waals surface area contributed by atoms with Crippen molar-refractivity contribution in [3.8, 4) is 5.75 Å². The molecule has 4 aromatic rings. The van der Waals surface area contributed by atoms with E-state index in [-0.39, 0.29) is 40.4 Å². The number of fused-ring (bicyclic) bond motifs is 1. The summed E-state index contributed by atoms with van der Waals surface area (Å²) in [5.41, 5.74) is 4.67. The van der Waals surface area contributed by atoms with Gasteiger partial charge in [0, 0.05) is 58.0 Å². The molecule has 0 amide bonds. The smallest absolute Gasteiger partial charge is 0.417 e. The molecular weight excluding hydrogens is 579 g/mol. The van der Waals surface area contributed by atoms with Gasteiger partial charge < -0.3 is 29.7 Å². The number of aryl methyl sites for hydroxylation is 2. The van der Waals surface area contributed by atoms with Crippen molar-refractivity contribution in [2.45, 2.75) is 19.1 Å². The van der Waals surface area contributed by atoms with Gasteiger partial charge in [0.15, 0.2) is 17.2 Å². The molecule has 0 unspecified atom stereocenters. The zero-order valence-electron chi connectivity index (χ0n) is 22.4. The molecular formula is C26H27ClF3N9O3. The molecule has 0 bridgehead atoms. The molecule has 3 N–H and O–H groups in total. The highest BCUT2D eigenvalue weighted by molar-refractivity contribution is 6.36. The van der Waals surface area contributed by atoms with E-state index in [1.807, 2.05) is 0 Å². The minimum Gasteiger partial charge on any atom is -0.450 e. The number of nitrogens with zero attached hydrogens (tertiary/aromatic N) is 7. The molecule has 5 rings (SSSR count). The molecule has 1 fully saturated rings. The molecule has 0 aliphatic carbocycles. The Labute approximate surface area is 242 Å². The van der Waals surface area contributed by atoms with Crippen molar-refractivity contribution in [2.24, 2.45) is 12.8 Å². The van der Waals surface area contributed by atoms with Gasteiger partial charge in [-0.15, -0.1) is 0 Å². The fourth-order valence-electron chi connectivity index (χ4n) is 4.47. The largest absolute Gasteiger partial charge is 0.450 e. The number of nitrogens with one attached hydrogen (secondary N) is 1. The maximum absolute atomic E-state index is 13.8. The quantitative estimate of drug-likeness (QED) is 0.273. The predicted octanol–water partition coefficient (Wildman–Crippen LogP) is 3.39. The first-order chi connectivity index (χ1) is 20.2. The number of morpholine rings is 1. The minimum atomic E-state index is -4.67. The molecule has 4 aromatic heterocycles. The number of hydrogen-bond donors (Lipinski definition) is 2. The third-order valence-corrected chi connectivity index (χ3v) is 6.99. The Morgan fingerprint density at radius 1 is 1.21 bits per heavy atom. The highest BCUT2D eigenvalue weighted by atomic mass is 35.5. The number of hydrogen-bond acceptors (Lipinski definition) is 10. The van der Waals surface area contributed by atoms with Crippen LogP contribution in [0, 0.1) is 0 Å². The maximum Gasteiger partial charge on any atom is 0.417 e. The average Bonchev–Trinajstić information content (AvgIpc) is 3.30. The monoisotopic (exact) mass is 605 g/mol. The van der Waals surface area contributed by atoms with Crippen LogP contribution < -0.4 is 21.3 Å². The fourth-order valence-corrected chi connectivity index (χ4v) is 4.77. The first-order valence-corrected chi connectivity index (χ1v) is 13.3.